The van der Waals surface area contributed by atoms with E-state index in [2.05, 4.69) is 15.3 Å². The van der Waals surface area contributed by atoms with E-state index < -0.39 is 0 Å². The molecule has 2 amide bonds. The van der Waals surface area contributed by atoms with Crippen LogP contribution in [-0.4, -0.2) is 57.8 Å². The summed E-state index contributed by atoms with van der Waals surface area (Å²) in [5.41, 5.74) is 1.19. The fourth-order valence-electron chi connectivity index (χ4n) is 2.61. The van der Waals surface area contributed by atoms with Crippen molar-refractivity contribution in [2.75, 3.05) is 31.5 Å². The van der Waals surface area contributed by atoms with Crippen LogP contribution in [0.1, 0.15) is 17.3 Å². The maximum Gasteiger partial charge on any atom is 0.257 e. The van der Waals surface area contributed by atoms with Crippen molar-refractivity contribution in [1.82, 2.24) is 19.8 Å². The number of hydrogen-bond donors (Lipinski definition) is 1. The van der Waals surface area contributed by atoms with E-state index in [0.29, 0.717) is 42.7 Å². The third kappa shape index (κ3) is 4.24. The molecule has 0 radical (unpaired) electrons. The van der Waals surface area contributed by atoms with Gasteiger partial charge in [-0.3, -0.25) is 9.59 Å². The largest absolute Gasteiger partial charge is 0.339 e. The number of aromatic nitrogens is 2. The van der Waals surface area contributed by atoms with Crippen molar-refractivity contribution in [2.24, 2.45) is 0 Å². The van der Waals surface area contributed by atoms with Crippen LogP contribution in [0, 0.1) is 0 Å². The lowest BCUT2D eigenvalue weighted by atomic mass is 10.2. The first-order valence-corrected chi connectivity index (χ1v) is 8.30. The summed E-state index contributed by atoms with van der Waals surface area (Å²) in [4.78, 5) is 35.7. The molecule has 8 heteroatoms. The SMILES string of the molecule is CC(=O)N1CCN(C(=O)c2cnc(Nc3cccc(Cl)c3)nc2)CC1. The second-order valence-corrected chi connectivity index (χ2v) is 6.17. The quantitative estimate of drug-likeness (QED) is 0.908. The Morgan fingerprint density at radius 2 is 1.72 bits per heavy atom. The molecule has 1 saturated heterocycles. The molecule has 0 aliphatic carbocycles. The summed E-state index contributed by atoms with van der Waals surface area (Å²) in [7, 11) is 0. The van der Waals surface area contributed by atoms with Crippen molar-refractivity contribution in [3.63, 3.8) is 0 Å². The number of hydrogen-bond acceptors (Lipinski definition) is 5. The Hall–Kier alpha value is -2.67. The number of halogens is 1. The molecule has 0 spiro atoms. The van der Waals surface area contributed by atoms with Gasteiger partial charge in [-0.05, 0) is 18.2 Å². The van der Waals surface area contributed by atoms with Gasteiger partial charge < -0.3 is 15.1 Å². The monoisotopic (exact) mass is 359 g/mol. The molecule has 130 valence electrons. The topological polar surface area (TPSA) is 78.4 Å². The molecule has 2 heterocycles. The van der Waals surface area contributed by atoms with Crippen LogP contribution in [0.25, 0.3) is 0 Å². The zero-order valence-electron chi connectivity index (χ0n) is 13.8. The molecule has 7 nitrogen and oxygen atoms in total. The number of benzene rings is 1. The summed E-state index contributed by atoms with van der Waals surface area (Å²) >= 11 is 5.94. The van der Waals surface area contributed by atoms with Crippen molar-refractivity contribution >= 4 is 35.1 Å². The molecule has 3 rings (SSSR count). The molecule has 0 saturated carbocycles. The van der Waals surface area contributed by atoms with Crippen molar-refractivity contribution in [3.05, 3.63) is 47.2 Å². The van der Waals surface area contributed by atoms with Gasteiger partial charge in [-0.1, -0.05) is 17.7 Å². The number of nitrogens with zero attached hydrogens (tertiary/aromatic N) is 4. The average Bonchev–Trinajstić information content (AvgIpc) is 2.62. The van der Waals surface area contributed by atoms with Gasteiger partial charge in [0.2, 0.25) is 11.9 Å². The summed E-state index contributed by atoms with van der Waals surface area (Å²) in [6, 6.07) is 7.21. The zero-order valence-corrected chi connectivity index (χ0v) is 14.5. The van der Waals surface area contributed by atoms with E-state index in [1.807, 2.05) is 12.1 Å². The van der Waals surface area contributed by atoms with Crippen LogP contribution < -0.4 is 5.32 Å². The van der Waals surface area contributed by atoms with E-state index in [9.17, 15) is 9.59 Å². The van der Waals surface area contributed by atoms with Gasteiger partial charge in [-0.15, -0.1) is 0 Å². The number of piperazine rings is 1. The van der Waals surface area contributed by atoms with Crippen LogP contribution >= 0.6 is 11.6 Å². The molecule has 1 fully saturated rings. The Morgan fingerprint density at radius 3 is 2.32 bits per heavy atom. The van der Waals surface area contributed by atoms with Crippen LogP contribution in [0.15, 0.2) is 36.7 Å². The van der Waals surface area contributed by atoms with E-state index in [1.165, 1.54) is 19.3 Å². The molecule has 0 unspecified atom stereocenters. The number of carbonyl (C=O) groups is 2. The highest BCUT2D eigenvalue weighted by molar-refractivity contribution is 6.30. The van der Waals surface area contributed by atoms with E-state index in [1.54, 1.807) is 21.9 Å². The van der Waals surface area contributed by atoms with Gasteiger partial charge in [0.05, 0.1) is 5.56 Å². The standard InChI is InChI=1S/C17H18ClN5O2/c1-12(24)22-5-7-23(8-6-22)16(25)13-10-19-17(20-11-13)21-15-4-2-3-14(18)9-15/h2-4,9-11H,5-8H2,1H3,(H,19,20,21). The minimum atomic E-state index is -0.127. The highest BCUT2D eigenvalue weighted by Crippen LogP contribution is 2.18. The summed E-state index contributed by atoms with van der Waals surface area (Å²) in [6.07, 6.45) is 3.00. The van der Waals surface area contributed by atoms with E-state index in [-0.39, 0.29) is 11.8 Å². The normalized spacial score (nSPS) is 14.3. The predicted octanol–water partition coefficient (Wildman–Crippen LogP) is 2.18. The van der Waals surface area contributed by atoms with E-state index in [0.717, 1.165) is 5.69 Å². The van der Waals surface area contributed by atoms with Crippen molar-refractivity contribution in [2.45, 2.75) is 6.92 Å². The first kappa shape index (κ1) is 17.2. The van der Waals surface area contributed by atoms with Gasteiger partial charge >= 0.3 is 0 Å². The number of carbonyl (C=O) groups excluding carboxylic acids is 2. The third-order valence-corrected chi connectivity index (χ3v) is 4.23. The minimum Gasteiger partial charge on any atom is -0.339 e. The molecule has 1 N–H and O–H groups in total. The fourth-order valence-corrected chi connectivity index (χ4v) is 2.80. The zero-order chi connectivity index (χ0) is 17.8. The lowest BCUT2D eigenvalue weighted by Crippen LogP contribution is -2.50. The maximum atomic E-state index is 12.5. The predicted molar refractivity (Wildman–Crippen MR) is 94.9 cm³/mol. The van der Waals surface area contributed by atoms with Crippen LogP contribution in [-0.2, 0) is 4.79 Å². The van der Waals surface area contributed by atoms with Crippen LogP contribution in [0.3, 0.4) is 0 Å². The molecule has 1 aromatic heterocycles. The molecule has 0 atom stereocenters. The molecule has 1 aliphatic rings. The van der Waals surface area contributed by atoms with Crippen LogP contribution in [0.4, 0.5) is 11.6 Å². The minimum absolute atomic E-state index is 0.0341. The molecule has 1 aliphatic heterocycles. The van der Waals surface area contributed by atoms with Crippen molar-refractivity contribution in [1.29, 1.82) is 0 Å². The lowest BCUT2D eigenvalue weighted by Gasteiger charge is -2.34. The van der Waals surface area contributed by atoms with Gasteiger partial charge in [0, 0.05) is 56.2 Å². The highest BCUT2D eigenvalue weighted by Gasteiger charge is 2.23. The molecule has 2 aromatic rings. The summed E-state index contributed by atoms with van der Waals surface area (Å²) < 4.78 is 0. The van der Waals surface area contributed by atoms with Gasteiger partial charge in [0.1, 0.15) is 0 Å². The second-order valence-electron chi connectivity index (χ2n) is 5.73. The molecule has 0 bridgehead atoms. The van der Waals surface area contributed by atoms with E-state index in [4.69, 9.17) is 11.6 Å². The summed E-state index contributed by atoms with van der Waals surface area (Å²) in [5, 5.41) is 3.65. The summed E-state index contributed by atoms with van der Waals surface area (Å²) in [5.74, 6) is 0.296. The van der Waals surface area contributed by atoms with Gasteiger partial charge in [0.25, 0.3) is 5.91 Å². The van der Waals surface area contributed by atoms with Crippen LogP contribution in [0.2, 0.25) is 5.02 Å². The highest BCUT2D eigenvalue weighted by atomic mass is 35.5. The Morgan fingerprint density at radius 1 is 1.08 bits per heavy atom. The molecule has 1 aromatic carbocycles. The Labute approximate surface area is 150 Å². The van der Waals surface area contributed by atoms with Gasteiger partial charge in [-0.25, -0.2) is 9.97 Å². The Bertz CT molecular complexity index is 773. The van der Waals surface area contributed by atoms with Crippen molar-refractivity contribution in [3.8, 4) is 0 Å². The number of amides is 2. The second kappa shape index (κ2) is 7.48. The van der Waals surface area contributed by atoms with Gasteiger partial charge in [0.15, 0.2) is 0 Å². The maximum absolute atomic E-state index is 12.5. The average molecular weight is 360 g/mol. The number of anilines is 2. The van der Waals surface area contributed by atoms with Crippen LogP contribution in [0.5, 0.6) is 0 Å². The Balaban J connectivity index is 1.62. The van der Waals surface area contributed by atoms with E-state index >= 15 is 0 Å². The molecule has 25 heavy (non-hydrogen) atoms. The smallest absolute Gasteiger partial charge is 0.257 e. The number of rotatable bonds is 3. The van der Waals surface area contributed by atoms with Crippen molar-refractivity contribution < 1.29 is 9.59 Å². The molecular formula is C17H18ClN5O2. The first-order valence-electron chi connectivity index (χ1n) is 7.92. The first-order chi connectivity index (χ1) is 12.0. The third-order valence-electron chi connectivity index (χ3n) is 3.99. The fraction of sp³-hybridized carbons (Fsp3) is 0.294. The lowest BCUT2D eigenvalue weighted by molar-refractivity contribution is -0.130. The molecular weight excluding hydrogens is 342 g/mol. The summed E-state index contributed by atoms with van der Waals surface area (Å²) in [6.45, 7) is 3.67. The Kier molecular flexibility index (Phi) is 5.14. The number of nitrogens with one attached hydrogen (secondary N) is 1. The van der Waals surface area contributed by atoms with Gasteiger partial charge in [-0.2, -0.15) is 0 Å².